The number of aryl methyl sites for hydroxylation is 1. The number of carbonyl (C=O) groups excluding carboxylic acids is 2. The van der Waals surface area contributed by atoms with E-state index in [1.54, 1.807) is 29.2 Å². The molecule has 3 rings (SSSR count). The molecule has 0 bridgehead atoms. The molecule has 9 heteroatoms. The van der Waals surface area contributed by atoms with Crippen molar-refractivity contribution in [2.24, 2.45) is 0 Å². The standard InChI is InChI=1S/C20H21F2N3O3.ClH/c1-13-6-7-14(23)12-16(13)19(27)25-10-8-24(9-11-25)18(26)15-4-2-3-5-17(15)28-20(21)22;/h2-7,12,20H,8-11,23H2,1H3;1H. The smallest absolute Gasteiger partial charge is 0.387 e. The van der Waals surface area contributed by atoms with Crippen molar-refractivity contribution in [1.82, 2.24) is 9.80 Å². The molecule has 2 aromatic rings. The van der Waals surface area contributed by atoms with Gasteiger partial charge in [0.15, 0.2) is 0 Å². The van der Waals surface area contributed by atoms with Crippen LogP contribution < -0.4 is 10.5 Å². The molecule has 2 amide bonds. The van der Waals surface area contributed by atoms with Gasteiger partial charge in [0, 0.05) is 37.4 Å². The fourth-order valence-electron chi connectivity index (χ4n) is 3.17. The lowest BCUT2D eigenvalue weighted by atomic mass is 10.1. The molecule has 1 aliphatic rings. The molecular formula is C20H22ClF2N3O3. The molecular weight excluding hydrogens is 404 g/mol. The number of hydrogen-bond donors (Lipinski definition) is 1. The van der Waals surface area contributed by atoms with Crippen LogP contribution in [0.5, 0.6) is 5.75 Å². The fourth-order valence-corrected chi connectivity index (χ4v) is 3.17. The van der Waals surface area contributed by atoms with E-state index in [1.807, 2.05) is 6.92 Å². The number of nitrogen functional groups attached to an aromatic ring is 1. The normalized spacial score (nSPS) is 13.8. The maximum absolute atomic E-state index is 12.8. The van der Waals surface area contributed by atoms with Crippen LogP contribution in [0.3, 0.4) is 0 Å². The molecule has 0 aromatic heterocycles. The van der Waals surface area contributed by atoms with Crippen LogP contribution in [0, 0.1) is 6.92 Å². The zero-order chi connectivity index (χ0) is 20.3. The minimum Gasteiger partial charge on any atom is -0.434 e. The topological polar surface area (TPSA) is 75.9 Å². The van der Waals surface area contributed by atoms with Gasteiger partial charge in [0.25, 0.3) is 11.8 Å². The van der Waals surface area contributed by atoms with Gasteiger partial charge in [0.05, 0.1) is 5.56 Å². The Bertz CT molecular complexity index is 887. The number of rotatable bonds is 4. The van der Waals surface area contributed by atoms with Crippen LogP contribution in [0.1, 0.15) is 26.3 Å². The predicted octanol–water partition coefficient (Wildman–Crippen LogP) is 3.20. The van der Waals surface area contributed by atoms with Crippen molar-refractivity contribution in [2.45, 2.75) is 13.5 Å². The summed E-state index contributed by atoms with van der Waals surface area (Å²) >= 11 is 0. The summed E-state index contributed by atoms with van der Waals surface area (Å²) in [5, 5.41) is 0. The number of anilines is 1. The molecule has 0 unspecified atom stereocenters. The second kappa shape index (κ2) is 9.56. The van der Waals surface area contributed by atoms with Crippen LogP contribution >= 0.6 is 12.4 Å². The van der Waals surface area contributed by atoms with Gasteiger partial charge in [-0.1, -0.05) is 18.2 Å². The van der Waals surface area contributed by atoms with Gasteiger partial charge >= 0.3 is 6.61 Å². The molecule has 1 saturated heterocycles. The van der Waals surface area contributed by atoms with Crippen LogP contribution in [-0.4, -0.2) is 54.4 Å². The summed E-state index contributed by atoms with van der Waals surface area (Å²) in [4.78, 5) is 28.7. The molecule has 2 aromatic carbocycles. The second-order valence-corrected chi connectivity index (χ2v) is 6.53. The van der Waals surface area contributed by atoms with E-state index in [9.17, 15) is 18.4 Å². The third-order valence-corrected chi connectivity index (χ3v) is 4.68. The van der Waals surface area contributed by atoms with Crippen molar-refractivity contribution in [2.75, 3.05) is 31.9 Å². The summed E-state index contributed by atoms with van der Waals surface area (Å²) < 4.78 is 29.6. The molecule has 29 heavy (non-hydrogen) atoms. The average molecular weight is 426 g/mol. The van der Waals surface area contributed by atoms with E-state index in [2.05, 4.69) is 4.74 Å². The third-order valence-electron chi connectivity index (χ3n) is 4.68. The number of alkyl halides is 2. The van der Waals surface area contributed by atoms with Gasteiger partial charge in [-0.2, -0.15) is 8.78 Å². The van der Waals surface area contributed by atoms with E-state index >= 15 is 0 Å². The van der Waals surface area contributed by atoms with Crippen LogP contribution in [0.2, 0.25) is 0 Å². The first kappa shape index (κ1) is 22.4. The summed E-state index contributed by atoms with van der Waals surface area (Å²) in [6.07, 6.45) is 0. The lowest BCUT2D eigenvalue weighted by molar-refractivity contribution is -0.0503. The van der Waals surface area contributed by atoms with E-state index in [1.165, 1.54) is 23.1 Å². The van der Waals surface area contributed by atoms with Gasteiger partial charge in [0.2, 0.25) is 0 Å². The summed E-state index contributed by atoms with van der Waals surface area (Å²) in [6, 6.07) is 11.1. The molecule has 6 nitrogen and oxygen atoms in total. The minimum absolute atomic E-state index is 0. The van der Waals surface area contributed by atoms with E-state index in [-0.39, 0.29) is 29.6 Å². The van der Waals surface area contributed by atoms with Crippen LogP contribution in [-0.2, 0) is 0 Å². The molecule has 0 radical (unpaired) electrons. The largest absolute Gasteiger partial charge is 0.434 e. The SMILES string of the molecule is Cc1ccc(N)cc1C(=O)N1CCN(C(=O)c2ccccc2OC(F)F)CC1.Cl. The summed E-state index contributed by atoms with van der Waals surface area (Å²) in [5.74, 6) is -0.696. The van der Waals surface area contributed by atoms with Gasteiger partial charge in [-0.05, 0) is 36.8 Å². The van der Waals surface area contributed by atoms with E-state index in [0.29, 0.717) is 37.4 Å². The van der Waals surface area contributed by atoms with Crippen molar-refractivity contribution in [3.05, 3.63) is 59.2 Å². The highest BCUT2D eigenvalue weighted by atomic mass is 35.5. The summed E-state index contributed by atoms with van der Waals surface area (Å²) in [6.45, 7) is 0.119. The van der Waals surface area contributed by atoms with E-state index < -0.39 is 12.5 Å². The zero-order valence-corrected chi connectivity index (χ0v) is 16.6. The number of benzene rings is 2. The molecule has 0 spiro atoms. The van der Waals surface area contributed by atoms with Crippen molar-refractivity contribution >= 4 is 29.9 Å². The Labute approximate surface area is 173 Å². The van der Waals surface area contributed by atoms with Crippen molar-refractivity contribution in [3.8, 4) is 5.75 Å². The van der Waals surface area contributed by atoms with Crippen molar-refractivity contribution in [3.63, 3.8) is 0 Å². The molecule has 1 heterocycles. The molecule has 156 valence electrons. The molecule has 0 atom stereocenters. The van der Waals surface area contributed by atoms with Crippen LogP contribution in [0.25, 0.3) is 0 Å². The molecule has 0 aliphatic carbocycles. The number of carbonyl (C=O) groups is 2. The second-order valence-electron chi connectivity index (χ2n) is 6.53. The first-order chi connectivity index (χ1) is 13.4. The monoisotopic (exact) mass is 425 g/mol. The number of hydrogen-bond acceptors (Lipinski definition) is 4. The Balaban J connectivity index is 0.00000300. The maximum Gasteiger partial charge on any atom is 0.387 e. The third kappa shape index (κ3) is 5.14. The summed E-state index contributed by atoms with van der Waals surface area (Å²) in [7, 11) is 0. The van der Waals surface area contributed by atoms with Crippen LogP contribution in [0.15, 0.2) is 42.5 Å². The van der Waals surface area contributed by atoms with Gasteiger partial charge in [-0.3, -0.25) is 9.59 Å². The first-order valence-corrected chi connectivity index (χ1v) is 8.85. The first-order valence-electron chi connectivity index (χ1n) is 8.85. The highest BCUT2D eigenvalue weighted by Crippen LogP contribution is 2.23. The lowest BCUT2D eigenvalue weighted by Crippen LogP contribution is -2.50. The number of para-hydroxylation sites is 1. The van der Waals surface area contributed by atoms with Crippen molar-refractivity contribution in [1.29, 1.82) is 0 Å². The average Bonchev–Trinajstić information content (AvgIpc) is 2.69. The number of ether oxygens (including phenoxy) is 1. The Hall–Kier alpha value is -2.87. The van der Waals surface area contributed by atoms with Gasteiger partial charge in [-0.15, -0.1) is 12.4 Å². The molecule has 1 fully saturated rings. The Kier molecular flexibility index (Phi) is 7.39. The quantitative estimate of drug-likeness (QED) is 0.763. The van der Waals surface area contributed by atoms with E-state index in [0.717, 1.165) is 5.56 Å². The van der Waals surface area contributed by atoms with E-state index in [4.69, 9.17) is 5.73 Å². The predicted molar refractivity (Wildman–Crippen MR) is 108 cm³/mol. The lowest BCUT2D eigenvalue weighted by Gasteiger charge is -2.35. The van der Waals surface area contributed by atoms with Gasteiger partial charge < -0.3 is 20.3 Å². The Morgan fingerprint density at radius 3 is 2.10 bits per heavy atom. The Morgan fingerprint density at radius 2 is 1.52 bits per heavy atom. The number of nitrogens with two attached hydrogens (primary N) is 1. The number of nitrogens with zero attached hydrogens (tertiary/aromatic N) is 2. The molecule has 0 saturated carbocycles. The fraction of sp³-hybridized carbons (Fsp3) is 0.300. The summed E-state index contributed by atoms with van der Waals surface area (Å²) in [5.41, 5.74) is 7.74. The number of amides is 2. The zero-order valence-electron chi connectivity index (χ0n) is 15.8. The molecule has 1 aliphatic heterocycles. The maximum atomic E-state index is 12.8. The highest BCUT2D eigenvalue weighted by Gasteiger charge is 2.28. The number of piperazine rings is 1. The van der Waals surface area contributed by atoms with Crippen LogP contribution in [0.4, 0.5) is 14.5 Å². The number of halogens is 3. The van der Waals surface area contributed by atoms with Gasteiger partial charge in [-0.25, -0.2) is 0 Å². The Morgan fingerprint density at radius 1 is 0.966 bits per heavy atom. The van der Waals surface area contributed by atoms with Crippen molar-refractivity contribution < 1.29 is 23.1 Å². The minimum atomic E-state index is -3.01. The highest BCUT2D eigenvalue weighted by molar-refractivity contribution is 5.98. The molecule has 2 N–H and O–H groups in total. The van der Waals surface area contributed by atoms with Gasteiger partial charge in [0.1, 0.15) is 5.75 Å².